The highest BCUT2D eigenvalue weighted by atomic mass is 32.1. The van der Waals surface area contributed by atoms with E-state index < -0.39 is 0 Å². The van der Waals surface area contributed by atoms with Crippen molar-refractivity contribution >= 4 is 40.6 Å². The van der Waals surface area contributed by atoms with Crippen molar-refractivity contribution < 1.29 is 0 Å². The Morgan fingerprint density at radius 2 is 1.53 bits per heavy atom. The van der Waals surface area contributed by atoms with Gasteiger partial charge in [0.15, 0.2) is 5.11 Å². The van der Waals surface area contributed by atoms with E-state index in [0.29, 0.717) is 23.6 Å². The van der Waals surface area contributed by atoms with Gasteiger partial charge in [0.05, 0.1) is 0 Å². The standard InChI is InChI=1S/C28H35N7S/c1-22-10-8-9-15-35(22)26-20-25(34-18-16-33(17-19-34)24-13-6-3-7-14-24)30-27(31-26)32-28(36)29-21-23-11-4-2-5-12-23/h2-7,11-14,20,22H,8-10,15-19,21H2,1H3,(H2,29,30,31,32,36)/t22-/m1/s1. The van der Waals surface area contributed by atoms with Gasteiger partial charge in [0.1, 0.15) is 11.6 Å². The summed E-state index contributed by atoms with van der Waals surface area (Å²) >= 11 is 5.59. The predicted octanol–water partition coefficient (Wildman–Crippen LogP) is 4.67. The van der Waals surface area contributed by atoms with Crippen molar-refractivity contribution in [1.29, 1.82) is 0 Å². The second-order valence-electron chi connectivity index (χ2n) is 9.55. The molecule has 188 valence electrons. The van der Waals surface area contributed by atoms with Gasteiger partial charge in [-0.25, -0.2) is 0 Å². The molecule has 3 aromatic rings. The third-order valence-electron chi connectivity index (χ3n) is 7.04. The van der Waals surface area contributed by atoms with Crippen molar-refractivity contribution in [3.8, 4) is 0 Å². The molecular formula is C28H35N7S. The Hall–Kier alpha value is -3.39. The molecule has 7 nitrogen and oxygen atoms in total. The number of piperazine rings is 1. The molecular weight excluding hydrogens is 466 g/mol. The highest BCUT2D eigenvalue weighted by Gasteiger charge is 2.24. The minimum Gasteiger partial charge on any atom is -0.368 e. The Morgan fingerprint density at radius 3 is 2.25 bits per heavy atom. The van der Waals surface area contributed by atoms with Crippen LogP contribution < -0.4 is 25.3 Å². The van der Waals surface area contributed by atoms with Crippen LogP contribution in [0.2, 0.25) is 0 Å². The zero-order chi connectivity index (χ0) is 24.7. The van der Waals surface area contributed by atoms with E-state index in [1.54, 1.807) is 0 Å². The van der Waals surface area contributed by atoms with Crippen molar-refractivity contribution in [2.24, 2.45) is 0 Å². The first kappa shape index (κ1) is 24.3. The van der Waals surface area contributed by atoms with Gasteiger partial charge in [0.2, 0.25) is 5.95 Å². The summed E-state index contributed by atoms with van der Waals surface area (Å²) in [6.07, 6.45) is 3.66. The molecule has 5 rings (SSSR count). The quantitative estimate of drug-likeness (QED) is 0.473. The minimum atomic E-state index is 0.465. The molecule has 2 aromatic carbocycles. The van der Waals surface area contributed by atoms with Crippen molar-refractivity contribution in [3.63, 3.8) is 0 Å². The van der Waals surface area contributed by atoms with Gasteiger partial charge in [0.25, 0.3) is 0 Å². The molecule has 1 atom stereocenters. The van der Waals surface area contributed by atoms with Gasteiger partial charge in [-0.05, 0) is 56.1 Å². The molecule has 2 N–H and O–H groups in total. The molecule has 0 bridgehead atoms. The van der Waals surface area contributed by atoms with Crippen LogP contribution in [-0.2, 0) is 6.54 Å². The van der Waals surface area contributed by atoms with E-state index >= 15 is 0 Å². The maximum absolute atomic E-state index is 5.59. The zero-order valence-electron chi connectivity index (χ0n) is 20.9. The summed E-state index contributed by atoms with van der Waals surface area (Å²) in [7, 11) is 0. The van der Waals surface area contributed by atoms with E-state index in [1.807, 2.05) is 18.2 Å². The van der Waals surface area contributed by atoms with Crippen LogP contribution in [0.5, 0.6) is 0 Å². The predicted molar refractivity (Wildman–Crippen MR) is 153 cm³/mol. The lowest BCUT2D eigenvalue weighted by Gasteiger charge is -2.38. The third-order valence-corrected chi connectivity index (χ3v) is 7.29. The van der Waals surface area contributed by atoms with E-state index in [4.69, 9.17) is 22.2 Å². The number of piperidine rings is 1. The number of aromatic nitrogens is 2. The molecule has 8 heteroatoms. The summed E-state index contributed by atoms with van der Waals surface area (Å²) in [6, 6.07) is 23.5. The van der Waals surface area contributed by atoms with E-state index in [2.05, 4.69) is 80.8 Å². The van der Waals surface area contributed by atoms with Crippen molar-refractivity contribution in [1.82, 2.24) is 15.3 Å². The minimum absolute atomic E-state index is 0.465. The lowest BCUT2D eigenvalue weighted by atomic mass is 10.0. The molecule has 2 fully saturated rings. The number of para-hydroxylation sites is 1. The molecule has 2 aliphatic heterocycles. The lowest BCUT2D eigenvalue weighted by Crippen LogP contribution is -2.47. The summed E-state index contributed by atoms with van der Waals surface area (Å²) in [5.74, 6) is 2.49. The van der Waals surface area contributed by atoms with Crippen LogP contribution in [0.1, 0.15) is 31.7 Å². The Balaban J connectivity index is 1.31. The van der Waals surface area contributed by atoms with Crippen LogP contribution in [-0.4, -0.2) is 53.8 Å². The smallest absolute Gasteiger partial charge is 0.232 e. The highest BCUT2D eigenvalue weighted by molar-refractivity contribution is 7.80. The largest absolute Gasteiger partial charge is 0.368 e. The molecule has 36 heavy (non-hydrogen) atoms. The number of nitrogens with zero attached hydrogens (tertiary/aromatic N) is 5. The molecule has 0 unspecified atom stereocenters. The number of hydrogen-bond acceptors (Lipinski definition) is 6. The average Bonchev–Trinajstić information content (AvgIpc) is 2.93. The molecule has 0 saturated carbocycles. The molecule has 0 spiro atoms. The molecule has 0 aliphatic carbocycles. The van der Waals surface area contributed by atoms with Crippen LogP contribution >= 0.6 is 12.2 Å². The van der Waals surface area contributed by atoms with E-state index in [0.717, 1.165) is 44.4 Å². The number of benzene rings is 2. The molecule has 3 heterocycles. The summed E-state index contributed by atoms with van der Waals surface area (Å²) < 4.78 is 0. The van der Waals surface area contributed by atoms with Gasteiger partial charge in [-0.2, -0.15) is 9.97 Å². The van der Waals surface area contributed by atoms with Gasteiger partial charge in [-0.3, -0.25) is 0 Å². The second-order valence-corrected chi connectivity index (χ2v) is 9.96. The molecule has 2 aliphatic rings. The molecule has 1 aromatic heterocycles. The number of nitrogens with one attached hydrogen (secondary N) is 2. The van der Waals surface area contributed by atoms with Gasteiger partial charge in [-0.15, -0.1) is 0 Å². The fourth-order valence-electron chi connectivity index (χ4n) is 4.98. The van der Waals surface area contributed by atoms with E-state index in [-0.39, 0.29) is 0 Å². The number of hydrogen-bond donors (Lipinski definition) is 2. The van der Waals surface area contributed by atoms with Gasteiger partial charge >= 0.3 is 0 Å². The number of anilines is 4. The summed E-state index contributed by atoms with van der Waals surface area (Å²) in [5.41, 5.74) is 2.45. The normalized spacial score (nSPS) is 18.1. The first-order chi connectivity index (χ1) is 17.7. The molecule has 2 saturated heterocycles. The van der Waals surface area contributed by atoms with Crippen molar-refractivity contribution in [2.75, 3.05) is 52.7 Å². The van der Waals surface area contributed by atoms with E-state index in [9.17, 15) is 0 Å². The number of rotatable bonds is 6. The van der Waals surface area contributed by atoms with Crippen molar-refractivity contribution in [2.45, 2.75) is 38.8 Å². The van der Waals surface area contributed by atoms with Crippen molar-refractivity contribution in [3.05, 3.63) is 72.3 Å². The average molecular weight is 502 g/mol. The first-order valence-electron chi connectivity index (χ1n) is 13.0. The maximum Gasteiger partial charge on any atom is 0.232 e. The van der Waals surface area contributed by atoms with E-state index in [1.165, 1.54) is 30.5 Å². The number of thiocarbonyl (C=S) groups is 1. The van der Waals surface area contributed by atoms with Crippen LogP contribution in [0, 0.1) is 0 Å². The fourth-order valence-corrected chi connectivity index (χ4v) is 5.15. The zero-order valence-corrected chi connectivity index (χ0v) is 21.8. The van der Waals surface area contributed by atoms with Crippen LogP contribution in [0.25, 0.3) is 0 Å². The SMILES string of the molecule is C[C@@H]1CCCCN1c1cc(N2CCN(c3ccccc3)CC2)nc(NC(=S)NCc2ccccc2)n1. The maximum atomic E-state index is 5.59. The van der Waals surface area contributed by atoms with Gasteiger partial charge in [-0.1, -0.05) is 48.5 Å². The summed E-state index contributed by atoms with van der Waals surface area (Å²) in [6.45, 7) is 7.72. The topological polar surface area (TPSA) is 59.6 Å². The molecule has 0 radical (unpaired) electrons. The Labute approximate surface area is 219 Å². The monoisotopic (exact) mass is 501 g/mol. The van der Waals surface area contributed by atoms with Gasteiger partial charge < -0.3 is 25.3 Å². The first-order valence-corrected chi connectivity index (χ1v) is 13.4. The summed E-state index contributed by atoms with van der Waals surface area (Å²) in [4.78, 5) is 17.0. The molecule has 0 amide bonds. The summed E-state index contributed by atoms with van der Waals surface area (Å²) in [5, 5.41) is 7.07. The van der Waals surface area contributed by atoms with Gasteiger partial charge in [0, 0.05) is 57.1 Å². The Bertz CT molecular complexity index is 1130. The lowest BCUT2D eigenvalue weighted by molar-refractivity contribution is 0.481. The second kappa shape index (κ2) is 11.6. The van der Waals surface area contributed by atoms with Crippen LogP contribution in [0.3, 0.4) is 0 Å². The Kier molecular flexibility index (Phi) is 7.81. The fraction of sp³-hybridized carbons (Fsp3) is 0.393. The highest BCUT2D eigenvalue weighted by Crippen LogP contribution is 2.28. The van der Waals surface area contributed by atoms with Crippen LogP contribution in [0.4, 0.5) is 23.3 Å². The third kappa shape index (κ3) is 6.05. The van der Waals surface area contributed by atoms with Crippen LogP contribution in [0.15, 0.2) is 66.7 Å². The Morgan fingerprint density at radius 1 is 0.861 bits per heavy atom.